The van der Waals surface area contributed by atoms with E-state index in [0.29, 0.717) is 16.6 Å². The summed E-state index contributed by atoms with van der Waals surface area (Å²) in [7, 11) is 1.26. The van der Waals surface area contributed by atoms with Gasteiger partial charge in [-0.15, -0.1) is 11.3 Å². The molecule has 2 aromatic rings. The number of carboxylic acid groups (broad SMARTS) is 1. The molecule has 7 heteroatoms. The summed E-state index contributed by atoms with van der Waals surface area (Å²) in [5.41, 5.74) is 2.82. The second-order valence-corrected chi connectivity index (χ2v) is 6.46. The highest BCUT2D eigenvalue weighted by atomic mass is 32.1. The zero-order chi connectivity index (χ0) is 18.6. The van der Waals surface area contributed by atoms with Crippen LogP contribution in [0.2, 0.25) is 0 Å². The van der Waals surface area contributed by atoms with Crippen LogP contribution >= 0.6 is 11.3 Å². The van der Waals surface area contributed by atoms with Crippen LogP contribution in [0.25, 0.3) is 11.1 Å². The van der Waals surface area contributed by atoms with Crippen LogP contribution in [0, 0.1) is 13.8 Å². The van der Waals surface area contributed by atoms with Crippen molar-refractivity contribution in [1.29, 1.82) is 0 Å². The topological polar surface area (TPSA) is 95.5 Å². The highest BCUT2D eigenvalue weighted by Crippen LogP contribution is 2.40. The van der Waals surface area contributed by atoms with Crippen molar-refractivity contribution in [2.75, 3.05) is 12.4 Å². The Morgan fingerprint density at radius 3 is 2.32 bits per heavy atom. The van der Waals surface area contributed by atoms with Crippen LogP contribution < -0.4 is 10.4 Å². The minimum Gasteiger partial charge on any atom is -0.545 e. The molecule has 1 aromatic heterocycles. The number of aliphatic carboxylic acids is 1. The lowest BCUT2D eigenvalue weighted by molar-refractivity contribution is -0.297. The molecule has 0 aliphatic rings. The third-order valence-corrected chi connectivity index (χ3v) is 4.44. The second kappa shape index (κ2) is 7.76. The molecule has 25 heavy (non-hydrogen) atoms. The van der Waals surface area contributed by atoms with Crippen molar-refractivity contribution >= 4 is 34.2 Å². The molecule has 0 unspecified atom stereocenters. The van der Waals surface area contributed by atoms with Crippen molar-refractivity contribution in [2.45, 2.75) is 13.8 Å². The van der Waals surface area contributed by atoms with Crippen LogP contribution in [0.3, 0.4) is 0 Å². The number of hydrogen-bond acceptors (Lipinski definition) is 6. The number of anilines is 1. The summed E-state index contributed by atoms with van der Waals surface area (Å²) in [4.78, 5) is 35.3. The summed E-state index contributed by atoms with van der Waals surface area (Å²) >= 11 is 1.22. The highest BCUT2D eigenvalue weighted by molar-refractivity contribution is 7.17. The molecule has 1 N–H and O–H groups in total. The molecule has 0 bridgehead atoms. The molecule has 0 radical (unpaired) electrons. The number of carbonyl (C=O) groups is 3. The van der Waals surface area contributed by atoms with E-state index in [4.69, 9.17) is 4.74 Å². The molecule has 0 aliphatic heterocycles. The third-order valence-electron chi connectivity index (χ3n) is 3.42. The number of amides is 1. The first kappa shape index (κ1) is 18.4. The van der Waals surface area contributed by atoms with Gasteiger partial charge in [0, 0.05) is 16.5 Å². The Morgan fingerprint density at radius 2 is 1.76 bits per heavy atom. The average Bonchev–Trinajstić information content (AvgIpc) is 2.89. The van der Waals surface area contributed by atoms with E-state index in [1.807, 2.05) is 38.1 Å². The van der Waals surface area contributed by atoms with Crippen LogP contribution in [0.4, 0.5) is 5.00 Å². The standard InChI is InChI=1S/C18H17NO5S/c1-10-4-6-12(7-5-10)15-11(2)25-17(16(15)18(23)24-3)19-13(20)8-9-14(21)22/h4-9H,1-3H3,(H,19,20)(H,21,22)/p-1/b9-8+. The molecule has 0 atom stereocenters. The predicted molar refractivity (Wildman–Crippen MR) is 93.3 cm³/mol. The summed E-state index contributed by atoms with van der Waals surface area (Å²) < 4.78 is 4.85. The fraction of sp³-hybridized carbons (Fsp3) is 0.167. The van der Waals surface area contributed by atoms with E-state index in [-0.39, 0.29) is 5.56 Å². The van der Waals surface area contributed by atoms with Gasteiger partial charge in [-0.25, -0.2) is 4.79 Å². The summed E-state index contributed by atoms with van der Waals surface area (Å²) in [5.74, 6) is -2.74. The van der Waals surface area contributed by atoms with Crippen molar-refractivity contribution in [3.8, 4) is 11.1 Å². The molecule has 6 nitrogen and oxygen atoms in total. The lowest BCUT2D eigenvalue weighted by Crippen LogP contribution is -2.20. The number of rotatable bonds is 5. The van der Waals surface area contributed by atoms with Crippen molar-refractivity contribution in [2.24, 2.45) is 0 Å². The summed E-state index contributed by atoms with van der Waals surface area (Å²) in [5, 5.41) is 13.2. The van der Waals surface area contributed by atoms with Gasteiger partial charge in [0.25, 0.3) is 0 Å². The fourth-order valence-electron chi connectivity index (χ4n) is 2.29. The number of ether oxygens (including phenoxy) is 1. The van der Waals surface area contributed by atoms with Crippen molar-refractivity contribution in [1.82, 2.24) is 0 Å². The Morgan fingerprint density at radius 1 is 1.12 bits per heavy atom. The molecule has 0 saturated heterocycles. The van der Waals surface area contributed by atoms with Gasteiger partial charge in [-0.3, -0.25) is 4.79 Å². The molecule has 2 rings (SSSR count). The quantitative estimate of drug-likeness (QED) is 0.652. The largest absolute Gasteiger partial charge is 0.545 e. The molecule has 0 spiro atoms. The van der Waals surface area contributed by atoms with Gasteiger partial charge in [0.15, 0.2) is 0 Å². The molecule has 1 amide bonds. The van der Waals surface area contributed by atoms with Crippen LogP contribution in [0.5, 0.6) is 0 Å². The van der Waals surface area contributed by atoms with Gasteiger partial charge in [-0.2, -0.15) is 0 Å². The minimum absolute atomic E-state index is 0.240. The van der Waals surface area contributed by atoms with Crippen molar-refractivity contribution in [3.63, 3.8) is 0 Å². The SMILES string of the molecule is COC(=O)c1c(NC(=O)/C=C/C(=O)[O-])sc(C)c1-c1ccc(C)cc1. The summed E-state index contributed by atoms with van der Waals surface area (Å²) in [6.45, 7) is 3.79. The second-order valence-electron chi connectivity index (χ2n) is 5.24. The number of carbonyl (C=O) groups excluding carboxylic acids is 3. The zero-order valence-electron chi connectivity index (χ0n) is 13.9. The van der Waals surface area contributed by atoms with Crippen LogP contribution in [0.1, 0.15) is 20.8 Å². The van der Waals surface area contributed by atoms with Gasteiger partial charge >= 0.3 is 5.97 Å². The third kappa shape index (κ3) is 4.33. The monoisotopic (exact) mass is 358 g/mol. The van der Waals surface area contributed by atoms with E-state index >= 15 is 0 Å². The summed E-state index contributed by atoms with van der Waals surface area (Å²) in [6.07, 6.45) is 1.45. The maximum atomic E-state index is 12.3. The average molecular weight is 358 g/mol. The van der Waals surface area contributed by atoms with Crippen LogP contribution in [-0.4, -0.2) is 25.0 Å². The van der Waals surface area contributed by atoms with Gasteiger partial charge < -0.3 is 20.0 Å². The minimum atomic E-state index is -1.48. The number of hydrogen-bond donors (Lipinski definition) is 1. The van der Waals surface area contributed by atoms with Gasteiger partial charge in [0.1, 0.15) is 10.6 Å². The van der Waals surface area contributed by atoms with E-state index in [1.165, 1.54) is 18.4 Å². The highest BCUT2D eigenvalue weighted by Gasteiger charge is 2.24. The summed E-state index contributed by atoms with van der Waals surface area (Å²) in [6, 6.07) is 7.62. The van der Waals surface area contributed by atoms with Crippen LogP contribution in [-0.2, 0) is 14.3 Å². The number of benzene rings is 1. The smallest absolute Gasteiger partial charge is 0.341 e. The van der Waals surface area contributed by atoms with Gasteiger partial charge in [-0.1, -0.05) is 29.8 Å². The molecule has 0 saturated carbocycles. The number of methoxy groups -OCH3 is 1. The van der Waals surface area contributed by atoms with E-state index in [2.05, 4.69) is 5.32 Å². The maximum Gasteiger partial charge on any atom is 0.341 e. The molecule has 1 aromatic carbocycles. The van der Waals surface area contributed by atoms with E-state index in [9.17, 15) is 19.5 Å². The van der Waals surface area contributed by atoms with Gasteiger partial charge in [0.05, 0.1) is 13.1 Å². The zero-order valence-corrected chi connectivity index (χ0v) is 14.7. The Hall–Kier alpha value is -2.93. The molecular formula is C18H16NO5S-. The molecule has 130 valence electrons. The molecule has 0 aliphatic carbocycles. The fourth-order valence-corrected chi connectivity index (χ4v) is 3.36. The molecular weight excluding hydrogens is 342 g/mol. The Labute approximate surface area is 148 Å². The lowest BCUT2D eigenvalue weighted by atomic mass is 10.0. The Kier molecular flexibility index (Phi) is 5.71. The lowest BCUT2D eigenvalue weighted by Gasteiger charge is -2.07. The number of esters is 1. The first-order chi connectivity index (χ1) is 11.8. The van der Waals surface area contributed by atoms with Gasteiger partial charge in [0.2, 0.25) is 5.91 Å². The van der Waals surface area contributed by atoms with Crippen LogP contribution in [0.15, 0.2) is 36.4 Å². The number of thiophene rings is 1. The first-order valence-corrected chi connectivity index (χ1v) is 8.14. The van der Waals surface area contributed by atoms with Gasteiger partial charge in [-0.05, 0) is 25.5 Å². The number of aryl methyl sites for hydroxylation is 2. The number of carboxylic acids is 1. The predicted octanol–water partition coefficient (Wildman–Crippen LogP) is 2.06. The maximum absolute atomic E-state index is 12.3. The first-order valence-electron chi connectivity index (χ1n) is 7.32. The Balaban J connectivity index is 2.49. The molecule has 1 heterocycles. The van der Waals surface area contributed by atoms with E-state index < -0.39 is 17.8 Å². The molecule has 0 fully saturated rings. The normalized spacial score (nSPS) is 10.7. The van der Waals surface area contributed by atoms with E-state index in [1.54, 1.807) is 0 Å². The number of nitrogens with one attached hydrogen (secondary N) is 1. The van der Waals surface area contributed by atoms with E-state index in [0.717, 1.165) is 22.1 Å². The Bertz CT molecular complexity index is 849. The van der Waals surface area contributed by atoms with Crippen molar-refractivity contribution in [3.05, 3.63) is 52.4 Å². The van der Waals surface area contributed by atoms with Crippen molar-refractivity contribution < 1.29 is 24.2 Å².